The first-order valence-electron chi connectivity index (χ1n) is 16.2. The molecule has 0 radical (unpaired) electrons. The fraction of sp³-hybridized carbons (Fsp3) is 0.471. The molecule has 3 rings (SSSR count). The van der Waals surface area contributed by atoms with Crippen LogP contribution in [-0.2, 0) is 31.0 Å². The highest BCUT2D eigenvalue weighted by Gasteiger charge is 2.39. The summed E-state index contributed by atoms with van der Waals surface area (Å²) in [6, 6.07) is 14.9. The second-order valence-electron chi connectivity index (χ2n) is 12.5. The van der Waals surface area contributed by atoms with Crippen LogP contribution in [0.5, 0.6) is 0 Å². The maximum atomic E-state index is 14.2. The largest absolute Gasteiger partial charge is 0.490 e. The van der Waals surface area contributed by atoms with E-state index >= 15 is 0 Å². The highest BCUT2D eigenvalue weighted by molar-refractivity contribution is 5.96. The molecule has 1 saturated carbocycles. The van der Waals surface area contributed by atoms with E-state index in [1.54, 1.807) is 12.1 Å². The number of alkyl halides is 3. The molecule has 3 atom stereocenters. The summed E-state index contributed by atoms with van der Waals surface area (Å²) >= 11 is 0. The van der Waals surface area contributed by atoms with Gasteiger partial charge < -0.3 is 38.7 Å². The number of nitrogens with one attached hydrogen (secondary N) is 3. The number of primary amides is 1. The van der Waals surface area contributed by atoms with Crippen LogP contribution in [0.15, 0.2) is 59.6 Å². The van der Waals surface area contributed by atoms with Gasteiger partial charge >= 0.3 is 12.1 Å². The van der Waals surface area contributed by atoms with Gasteiger partial charge in [0.25, 0.3) is 0 Å². The Balaban J connectivity index is 0.00000112. The number of carbonyl (C=O) groups is 4. The summed E-state index contributed by atoms with van der Waals surface area (Å²) < 4.78 is 31.7. The van der Waals surface area contributed by atoms with Gasteiger partial charge in [-0.05, 0) is 49.7 Å². The molecule has 0 saturated heterocycles. The van der Waals surface area contributed by atoms with E-state index in [0.717, 1.165) is 43.2 Å². The van der Waals surface area contributed by atoms with Crippen LogP contribution in [0.2, 0.25) is 0 Å². The first-order chi connectivity index (χ1) is 23.4. The zero-order chi connectivity index (χ0) is 37.5. The standard InChI is InChI=1S/C32H46N8O3.C2HF3O2/c1-32(24-11-6-3-7-12-24,20-22-14-16-23(17-15-22)27(33)34)30(43)40-26(19-21-9-4-2-5-10-21)29(42)39-25(28(35)41)13-8-18-38-31(36)37;3-2(4,5)1(6)7/h3,6-7,11-12,14-17,21,25-26H,2,4-5,8-10,13,18-20H2,1H3,(H3,33,34)(H2,35,41)(H,39,42)(H,40,43)(H4,36,37,38);(H,6,7)/t25-,26-,32+;/m0./s1. The van der Waals surface area contributed by atoms with Crippen LogP contribution in [0.4, 0.5) is 13.2 Å². The minimum Gasteiger partial charge on any atom is -0.475 e. The lowest BCUT2D eigenvalue weighted by Gasteiger charge is -2.33. The lowest BCUT2D eigenvalue weighted by molar-refractivity contribution is -0.192. The van der Waals surface area contributed by atoms with Crippen molar-refractivity contribution in [3.05, 3.63) is 71.3 Å². The molecular formula is C34H47F3N8O5. The van der Waals surface area contributed by atoms with E-state index in [9.17, 15) is 27.6 Å². The van der Waals surface area contributed by atoms with E-state index in [2.05, 4.69) is 15.6 Å². The van der Waals surface area contributed by atoms with Gasteiger partial charge in [-0.1, -0.05) is 86.7 Å². The van der Waals surface area contributed by atoms with Crippen LogP contribution in [0.3, 0.4) is 0 Å². The van der Waals surface area contributed by atoms with Crippen molar-refractivity contribution >= 4 is 35.5 Å². The van der Waals surface area contributed by atoms with Gasteiger partial charge in [0.05, 0.1) is 5.41 Å². The van der Waals surface area contributed by atoms with Gasteiger partial charge in [0.2, 0.25) is 17.7 Å². The SMILES string of the molecule is C[C@](Cc1ccc(C(=N)N)cc1)(C(=O)N[C@@H](CC1CCCCC1)C(=O)N[C@@H](CCCN=C(N)N)C(N)=O)c1ccccc1.O=C(O)C(F)(F)F. The molecule has 1 fully saturated rings. The van der Waals surface area contributed by atoms with Crippen LogP contribution in [0, 0.1) is 11.3 Å². The molecule has 50 heavy (non-hydrogen) atoms. The topological polar surface area (TPSA) is 253 Å². The lowest BCUT2D eigenvalue weighted by atomic mass is 9.76. The number of rotatable bonds is 15. The quantitative estimate of drug-likeness (QED) is 0.0775. The average molecular weight is 705 g/mol. The zero-order valence-corrected chi connectivity index (χ0v) is 28.0. The van der Waals surface area contributed by atoms with E-state index < -0.39 is 41.5 Å². The molecule has 12 N–H and O–H groups in total. The van der Waals surface area contributed by atoms with Crippen LogP contribution < -0.4 is 33.6 Å². The molecule has 0 aromatic heterocycles. The number of halogens is 3. The van der Waals surface area contributed by atoms with Crippen LogP contribution >= 0.6 is 0 Å². The van der Waals surface area contributed by atoms with Crippen LogP contribution in [-0.4, -0.2) is 65.4 Å². The molecule has 2 aromatic rings. The third-order valence-corrected chi connectivity index (χ3v) is 8.50. The second-order valence-corrected chi connectivity index (χ2v) is 12.5. The highest BCUT2D eigenvalue weighted by atomic mass is 19.4. The number of hydrogen-bond donors (Lipinski definition) is 8. The van der Waals surface area contributed by atoms with Crippen molar-refractivity contribution in [3.63, 3.8) is 0 Å². The molecule has 1 aliphatic rings. The number of amidine groups is 1. The maximum absolute atomic E-state index is 14.2. The van der Waals surface area contributed by atoms with Crippen molar-refractivity contribution in [3.8, 4) is 0 Å². The second kappa shape index (κ2) is 19.1. The fourth-order valence-electron chi connectivity index (χ4n) is 5.70. The molecule has 2 aromatic carbocycles. The molecule has 0 aliphatic heterocycles. The number of carboxylic acids is 1. The van der Waals surface area contributed by atoms with Crippen molar-refractivity contribution in [1.29, 1.82) is 5.41 Å². The smallest absolute Gasteiger partial charge is 0.475 e. The summed E-state index contributed by atoms with van der Waals surface area (Å²) in [6.07, 6.45) is 1.74. The van der Waals surface area contributed by atoms with Gasteiger partial charge in [-0.3, -0.25) is 24.8 Å². The van der Waals surface area contributed by atoms with Crippen LogP contribution in [0.25, 0.3) is 0 Å². The van der Waals surface area contributed by atoms with Crippen molar-refractivity contribution < 1.29 is 37.5 Å². The first-order valence-corrected chi connectivity index (χ1v) is 16.2. The zero-order valence-electron chi connectivity index (χ0n) is 28.0. The predicted molar refractivity (Wildman–Crippen MR) is 183 cm³/mol. The summed E-state index contributed by atoms with van der Waals surface area (Å²) in [5.41, 5.74) is 23.3. The number of guanidine groups is 1. The monoisotopic (exact) mass is 704 g/mol. The number of nitrogen functional groups attached to an aromatic ring is 1. The number of amides is 3. The molecule has 13 nitrogen and oxygen atoms in total. The minimum absolute atomic E-state index is 0.0304. The van der Waals surface area contributed by atoms with E-state index in [-0.39, 0.29) is 30.0 Å². The van der Waals surface area contributed by atoms with Gasteiger partial charge in [-0.15, -0.1) is 0 Å². The molecule has 16 heteroatoms. The molecule has 0 heterocycles. The molecule has 0 spiro atoms. The summed E-state index contributed by atoms with van der Waals surface area (Å²) in [7, 11) is 0. The van der Waals surface area contributed by atoms with Gasteiger partial charge in [-0.2, -0.15) is 13.2 Å². The molecule has 1 aliphatic carbocycles. The Labute approximate surface area is 288 Å². The molecule has 274 valence electrons. The van der Waals surface area contributed by atoms with Crippen molar-refractivity contribution in [1.82, 2.24) is 10.6 Å². The number of aliphatic carboxylic acids is 1. The molecule has 0 bridgehead atoms. The number of benzene rings is 2. The summed E-state index contributed by atoms with van der Waals surface area (Å²) in [5, 5.41) is 20.7. The number of hydrogen-bond acceptors (Lipinski definition) is 6. The maximum Gasteiger partial charge on any atom is 0.490 e. The Morgan fingerprint density at radius 1 is 0.920 bits per heavy atom. The molecule has 3 amide bonds. The lowest BCUT2D eigenvalue weighted by Crippen LogP contribution is -2.56. The van der Waals surface area contributed by atoms with E-state index in [0.29, 0.717) is 31.4 Å². The van der Waals surface area contributed by atoms with Crippen molar-refractivity contribution in [2.75, 3.05) is 6.54 Å². The number of nitrogens with two attached hydrogens (primary N) is 4. The van der Waals surface area contributed by atoms with E-state index in [1.807, 2.05) is 49.4 Å². The predicted octanol–water partition coefficient (Wildman–Crippen LogP) is 2.58. The van der Waals surface area contributed by atoms with Gasteiger partial charge in [0.15, 0.2) is 5.96 Å². The summed E-state index contributed by atoms with van der Waals surface area (Å²) in [6.45, 7) is 2.16. The van der Waals surface area contributed by atoms with Gasteiger partial charge in [0.1, 0.15) is 17.9 Å². The molecule has 0 unspecified atom stereocenters. The van der Waals surface area contributed by atoms with E-state index in [1.165, 1.54) is 0 Å². The Kier molecular flexibility index (Phi) is 15.7. The van der Waals surface area contributed by atoms with Gasteiger partial charge in [0, 0.05) is 12.1 Å². The molecular weight excluding hydrogens is 657 g/mol. The number of aliphatic imine (C=N–C) groups is 1. The Hall–Kier alpha value is -5.15. The average Bonchev–Trinajstić information content (AvgIpc) is 3.06. The Morgan fingerprint density at radius 3 is 2.00 bits per heavy atom. The van der Waals surface area contributed by atoms with E-state index in [4.69, 9.17) is 38.2 Å². The fourth-order valence-corrected chi connectivity index (χ4v) is 5.70. The van der Waals surface area contributed by atoms with Crippen molar-refractivity contribution in [2.45, 2.75) is 88.4 Å². The highest BCUT2D eigenvalue weighted by Crippen LogP contribution is 2.31. The Bertz CT molecular complexity index is 1480. The Morgan fingerprint density at radius 2 is 1.50 bits per heavy atom. The third-order valence-electron chi connectivity index (χ3n) is 8.50. The first kappa shape index (κ1) is 41.0. The summed E-state index contributed by atoms with van der Waals surface area (Å²) in [5.74, 6) is -3.96. The normalized spacial score (nSPS) is 15.5. The number of nitrogens with zero attached hydrogens (tertiary/aromatic N) is 1. The number of carboxylic acid groups (broad SMARTS) is 1. The number of carbonyl (C=O) groups excluding carboxylic acids is 3. The van der Waals surface area contributed by atoms with Crippen molar-refractivity contribution in [2.24, 2.45) is 33.8 Å². The summed E-state index contributed by atoms with van der Waals surface area (Å²) in [4.78, 5) is 53.0. The minimum atomic E-state index is -5.08. The van der Waals surface area contributed by atoms with Gasteiger partial charge in [-0.25, -0.2) is 4.79 Å². The van der Waals surface area contributed by atoms with Crippen LogP contribution in [0.1, 0.15) is 75.0 Å². The third kappa shape index (κ3) is 13.4.